The molecule has 0 saturated carbocycles. The number of nitrogens with one attached hydrogen (secondary N) is 1. The van der Waals surface area contributed by atoms with E-state index in [0.717, 1.165) is 37.5 Å². The standard InChI is InChI=1S/C14H25NO2/c1-5-7-15-14(10-16-8-6-2)13-9-11(3)17-12(13)4/h9,14-15H,5-8,10H2,1-4H3. The first kappa shape index (κ1) is 14.3. The van der Waals surface area contributed by atoms with Gasteiger partial charge in [-0.15, -0.1) is 0 Å². The van der Waals surface area contributed by atoms with Gasteiger partial charge in [-0.1, -0.05) is 13.8 Å². The molecule has 0 fully saturated rings. The second kappa shape index (κ2) is 7.51. The molecule has 3 nitrogen and oxygen atoms in total. The number of furan rings is 1. The van der Waals surface area contributed by atoms with Crippen molar-refractivity contribution in [1.29, 1.82) is 0 Å². The fourth-order valence-electron chi connectivity index (χ4n) is 1.92. The van der Waals surface area contributed by atoms with Crippen LogP contribution in [0.2, 0.25) is 0 Å². The molecule has 1 N–H and O–H groups in total. The molecule has 17 heavy (non-hydrogen) atoms. The van der Waals surface area contributed by atoms with Crippen molar-refractivity contribution in [3.63, 3.8) is 0 Å². The molecule has 0 aliphatic heterocycles. The molecule has 0 radical (unpaired) electrons. The second-order valence-electron chi connectivity index (χ2n) is 4.45. The van der Waals surface area contributed by atoms with Gasteiger partial charge in [0.2, 0.25) is 0 Å². The van der Waals surface area contributed by atoms with Crippen LogP contribution in [0.4, 0.5) is 0 Å². The van der Waals surface area contributed by atoms with Gasteiger partial charge in [0.25, 0.3) is 0 Å². The minimum atomic E-state index is 0.249. The van der Waals surface area contributed by atoms with Crippen LogP contribution in [0.1, 0.15) is 49.8 Å². The summed E-state index contributed by atoms with van der Waals surface area (Å²) in [5.74, 6) is 1.97. The van der Waals surface area contributed by atoms with Crippen LogP contribution in [0.3, 0.4) is 0 Å². The van der Waals surface area contributed by atoms with Gasteiger partial charge < -0.3 is 14.5 Å². The first-order valence-corrected chi connectivity index (χ1v) is 6.57. The Labute approximate surface area is 105 Å². The molecule has 1 heterocycles. The van der Waals surface area contributed by atoms with Gasteiger partial charge in [0.05, 0.1) is 12.6 Å². The summed E-state index contributed by atoms with van der Waals surface area (Å²) >= 11 is 0. The molecule has 0 aliphatic rings. The first-order chi connectivity index (χ1) is 8.19. The monoisotopic (exact) mass is 239 g/mol. The van der Waals surface area contributed by atoms with Crippen molar-refractivity contribution >= 4 is 0 Å². The minimum Gasteiger partial charge on any atom is -0.466 e. The molecule has 1 aromatic rings. The zero-order chi connectivity index (χ0) is 12.7. The Morgan fingerprint density at radius 3 is 2.59 bits per heavy atom. The molecule has 1 aromatic heterocycles. The van der Waals surface area contributed by atoms with E-state index in [-0.39, 0.29) is 6.04 Å². The summed E-state index contributed by atoms with van der Waals surface area (Å²) in [5.41, 5.74) is 1.23. The molecule has 0 saturated heterocycles. The van der Waals surface area contributed by atoms with Gasteiger partial charge in [0, 0.05) is 12.2 Å². The van der Waals surface area contributed by atoms with E-state index in [9.17, 15) is 0 Å². The fourth-order valence-corrected chi connectivity index (χ4v) is 1.92. The summed E-state index contributed by atoms with van der Waals surface area (Å²) in [6, 6.07) is 2.36. The third-order valence-electron chi connectivity index (χ3n) is 2.73. The van der Waals surface area contributed by atoms with E-state index in [4.69, 9.17) is 9.15 Å². The lowest BCUT2D eigenvalue weighted by Crippen LogP contribution is -2.26. The molecule has 3 heteroatoms. The summed E-state index contributed by atoms with van der Waals surface area (Å²) in [4.78, 5) is 0. The first-order valence-electron chi connectivity index (χ1n) is 6.57. The Morgan fingerprint density at radius 2 is 2.06 bits per heavy atom. The van der Waals surface area contributed by atoms with Crippen LogP contribution in [0.25, 0.3) is 0 Å². The van der Waals surface area contributed by atoms with Gasteiger partial charge >= 0.3 is 0 Å². The van der Waals surface area contributed by atoms with E-state index in [1.165, 1.54) is 5.56 Å². The molecule has 0 aliphatic carbocycles. The van der Waals surface area contributed by atoms with Gasteiger partial charge in [-0.3, -0.25) is 0 Å². The van der Waals surface area contributed by atoms with Gasteiger partial charge in [-0.05, 0) is 39.3 Å². The zero-order valence-corrected chi connectivity index (χ0v) is 11.5. The molecule has 0 spiro atoms. The second-order valence-corrected chi connectivity index (χ2v) is 4.45. The molecular formula is C14H25NO2. The lowest BCUT2D eigenvalue weighted by Gasteiger charge is -2.18. The highest BCUT2D eigenvalue weighted by molar-refractivity contribution is 5.24. The van der Waals surface area contributed by atoms with E-state index in [1.54, 1.807) is 0 Å². The number of hydrogen-bond acceptors (Lipinski definition) is 3. The van der Waals surface area contributed by atoms with E-state index >= 15 is 0 Å². The average molecular weight is 239 g/mol. The van der Waals surface area contributed by atoms with Crippen LogP contribution >= 0.6 is 0 Å². The summed E-state index contributed by atoms with van der Waals surface area (Å²) in [6.07, 6.45) is 2.18. The lowest BCUT2D eigenvalue weighted by molar-refractivity contribution is 0.111. The summed E-state index contributed by atoms with van der Waals surface area (Å²) < 4.78 is 11.2. The molecule has 0 bridgehead atoms. The average Bonchev–Trinajstić information content (AvgIpc) is 2.63. The molecule has 98 valence electrons. The lowest BCUT2D eigenvalue weighted by atomic mass is 10.1. The van der Waals surface area contributed by atoms with Crippen molar-refractivity contribution in [1.82, 2.24) is 5.32 Å². The Hall–Kier alpha value is -0.800. The predicted octanol–water partition coefficient (Wildman–Crippen LogP) is 3.36. The number of hydrogen-bond donors (Lipinski definition) is 1. The maximum Gasteiger partial charge on any atom is 0.105 e. The highest BCUT2D eigenvalue weighted by atomic mass is 16.5. The van der Waals surface area contributed by atoms with Crippen molar-refractivity contribution < 1.29 is 9.15 Å². The van der Waals surface area contributed by atoms with Gasteiger partial charge in [0.15, 0.2) is 0 Å². The van der Waals surface area contributed by atoms with Crippen LogP contribution in [-0.4, -0.2) is 19.8 Å². The van der Waals surface area contributed by atoms with Gasteiger partial charge in [0.1, 0.15) is 11.5 Å². The summed E-state index contributed by atoms with van der Waals surface area (Å²) in [6.45, 7) is 10.8. The minimum absolute atomic E-state index is 0.249. The highest BCUT2D eigenvalue weighted by Gasteiger charge is 2.16. The Kier molecular flexibility index (Phi) is 6.30. The van der Waals surface area contributed by atoms with Gasteiger partial charge in [-0.2, -0.15) is 0 Å². The van der Waals surface area contributed by atoms with Crippen LogP contribution in [0, 0.1) is 13.8 Å². The summed E-state index contributed by atoms with van der Waals surface area (Å²) in [5, 5.41) is 3.51. The van der Waals surface area contributed by atoms with Crippen LogP contribution in [0.5, 0.6) is 0 Å². The van der Waals surface area contributed by atoms with Crippen molar-refractivity contribution in [3.05, 3.63) is 23.2 Å². The zero-order valence-electron chi connectivity index (χ0n) is 11.5. The van der Waals surface area contributed by atoms with E-state index in [1.807, 2.05) is 13.8 Å². The highest BCUT2D eigenvalue weighted by Crippen LogP contribution is 2.22. The Morgan fingerprint density at radius 1 is 1.29 bits per heavy atom. The quantitative estimate of drug-likeness (QED) is 0.706. The SMILES string of the molecule is CCCNC(COCCC)c1cc(C)oc1C. The van der Waals surface area contributed by atoms with Crippen molar-refractivity contribution in [2.45, 2.75) is 46.6 Å². The molecule has 1 rings (SSSR count). The fraction of sp³-hybridized carbons (Fsp3) is 0.714. The van der Waals surface area contributed by atoms with E-state index < -0.39 is 0 Å². The van der Waals surface area contributed by atoms with Crippen molar-refractivity contribution in [2.75, 3.05) is 19.8 Å². The number of rotatable bonds is 8. The van der Waals surface area contributed by atoms with Crippen molar-refractivity contribution in [3.8, 4) is 0 Å². The summed E-state index contributed by atoms with van der Waals surface area (Å²) in [7, 11) is 0. The van der Waals surface area contributed by atoms with Crippen LogP contribution < -0.4 is 5.32 Å². The molecule has 0 amide bonds. The van der Waals surface area contributed by atoms with E-state index in [0.29, 0.717) is 6.61 Å². The topological polar surface area (TPSA) is 34.4 Å². The smallest absolute Gasteiger partial charge is 0.105 e. The van der Waals surface area contributed by atoms with Gasteiger partial charge in [-0.25, -0.2) is 0 Å². The predicted molar refractivity (Wildman–Crippen MR) is 70.3 cm³/mol. The maximum atomic E-state index is 5.66. The maximum absolute atomic E-state index is 5.66. The Bertz CT molecular complexity index is 320. The van der Waals surface area contributed by atoms with Crippen LogP contribution in [-0.2, 0) is 4.74 Å². The molecule has 0 aromatic carbocycles. The normalized spacial score (nSPS) is 12.9. The van der Waals surface area contributed by atoms with Crippen LogP contribution in [0.15, 0.2) is 10.5 Å². The van der Waals surface area contributed by atoms with Crippen molar-refractivity contribution in [2.24, 2.45) is 0 Å². The van der Waals surface area contributed by atoms with E-state index in [2.05, 4.69) is 25.2 Å². The molecular weight excluding hydrogens is 214 g/mol. The third kappa shape index (κ3) is 4.52. The number of ether oxygens (including phenoxy) is 1. The molecule has 1 atom stereocenters. The third-order valence-corrected chi connectivity index (χ3v) is 2.73. The number of aryl methyl sites for hydroxylation is 2. The molecule has 1 unspecified atom stereocenters. The largest absolute Gasteiger partial charge is 0.466 e. The Balaban J connectivity index is 2.64.